The highest BCUT2D eigenvalue weighted by Crippen LogP contribution is 2.02. The molecule has 0 amide bonds. The second-order valence-electron chi connectivity index (χ2n) is 2.60. The minimum absolute atomic E-state index is 0.382. The van der Waals surface area contributed by atoms with Gasteiger partial charge in [0.25, 0.3) is 0 Å². The van der Waals surface area contributed by atoms with Crippen LogP contribution in [0.1, 0.15) is 11.4 Å². The maximum Gasteiger partial charge on any atom is 0.123 e. The molecule has 11 heavy (non-hydrogen) atoms. The van der Waals surface area contributed by atoms with Gasteiger partial charge in [-0.2, -0.15) is 0 Å². The van der Waals surface area contributed by atoms with Crippen LogP contribution in [-0.4, -0.2) is 29.3 Å². The SMILES string of the molecule is CN(C)Cc1nonc1CN. The average molecular weight is 156 g/mol. The van der Waals surface area contributed by atoms with Crippen LogP contribution in [-0.2, 0) is 13.1 Å². The molecule has 0 spiro atoms. The first-order valence-electron chi connectivity index (χ1n) is 3.39. The van der Waals surface area contributed by atoms with Crippen molar-refractivity contribution >= 4 is 0 Å². The standard InChI is InChI=1S/C6H12N4O/c1-10(2)4-6-5(3-7)8-11-9-6/h3-4,7H2,1-2H3. The Labute approximate surface area is 65.1 Å². The first-order chi connectivity index (χ1) is 5.24. The molecule has 0 radical (unpaired) electrons. The predicted octanol–water partition coefficient (Wildman–Crippen LogP) is -0.410. The Hall–Kier alpha value is -0.940. The molecule has 1 heterocycles. The first-order valence-corrected chi connectivity index (χ1v) is 3.39. The van der Waals surface area contributed by atoms with Crippen LogP contribution in [0.5, 0.6) is 0 Å². The predicted molar refractivity (Wildman–Crippen MR) is 39.6 cm³/mol. The van der Waals surface area contributed by atoms with Crippen LogP contribution in [0.2, 0.25) is 0 Å². The van der Waals surface area contributed by atoms with Crippen molar-refractivity contribution in [2.24, 2.45) is 5.73 Å². The van der Waals surface area contributed by atoms with Crippen LogP contribution in [0.3, 0.4) is 0 Å². The van der Waals surface area contributed by atoms with Gasteiger partial charge in [-0.3, -0.25) is 0 Å². The van der Waals surface area contributed by atoms with E-state index in [0.717, 1.165) is 17.9 Å². The van der Waals surface area contributed by atoms with Crippen molar-refractivity contribution in [2.45, 2.75) is 13.1 Å². The molecule has 1 aromatic rings. The van der Waals surface area contributed by atoms with Gasteiger partial charge in [-0.15, -0.1) is 0 Å². The number of rotatable bonds is 3. The van der Waals surface area contributed by atoms with E-state index in [4.69, 9.17) is 5.73 Å². The van der Waals surface area contributed by atoms with Crippen molar-refractivity contribution in [2.75, 3.05) is 14.1 Å². The van der Waals surface area contributed by atoms with Crippen molar-refractivity contribution in [1.82, 2.24) is 15.2 Å². The monoisotopic (exact) mass is 156 g/mol. The van der Waals surface area contributed by atoms with Crippen LogP contribution in [0, 0.1) is 0 Å². The van der Waals surface area contributed by atoms with E-state index in [9.17, 15) is 0 Å². The molecular formula is C6H12N4O. The zero-order valence-electron chi connectivity index (χ0n) is 6.74. The molecule has 2 N–H and O–H groups in total. The molecule has 62 valence electrons. The largest absolute Gasteiger partial charge is 0.325 e. The molecule has 1 rings (SSSR count). The minimum Gasteiger partial charge on any atom is -0.325 e. The smallest absolute Gasteiger partial charge is 0.123 e. The van der Waals surface area contributed by atoms with Crippen molar-refractivity contribution in [3.05, 3.63) is 11.4 Å². The molecule has 5 heteroatoms. The summed E-state index contributed by atoms with van der Waals surface area (Å²) in [7, 11) is 3.91. The van der Waals surface area contributed by atoms with Gasteiger partial charge in [-0.25, -0.2) is 4.63 Å². The number of hydrogen-bond donors (Lipinski definition) is 1. The summed E-state index contributed by atoms with van der Waals surface area (Å²) in [6, 6.07) is 0. The lowest BCUT2D eigenvalue weighted by molar-refractivity contribution is 0.292. The molecular weight excluding hydrogens is 144 g/mol. The van der Waals surface area contributed by atoms with E-state index < -0.39 is 0 Å². The van der Waals surface area contributed by atoms with Gasteiger partial charge in [-0.05, 0) is 14.1 Å². The lowest BCUT2D eigenvalue weighted by atomic mass is 10.3. The molecule has 5 nitrogen and oxygen atoms in total. The molecule has 0 atom stereocenters. The summed E-state index contributed by atoms with van der Waals surface area (Å²) in [5.41, 5.74) is 6.94. The highest BCUT2D eigenvalue weighted by atomic mass is 16.6. The number of nitrogens with two attached hydrogens (primary N) is 1. The molecule has 0 aliphatic carbocycles. The van der Waals surface area contributed by atoms with Crippen molar-refractivity contribution < 1.29 is 4.63 Å². The fourth-order valence-electron chi connectivity index (χ4n) is 0.799. The summed E-state index contributed by atoms with van der Waals surface area (Å²) in [6.07, 6.45) is 0. The number of aromatic nitrogens is 2. The highest BCUT2D eigenvalue weighted by Gasteiger charge is 2.07. The van der Waals surface area contributed by atoms with Gasteiger partial charge in [0.15, 0.2) is 0 Å². The normalized spacial score (nSPS) is 10.9. The van der Waals surface area contributed by atoms with Crippen LogP contribution in [0.15, 0.2) is 4.63 Å². The second-order valence-corrected chi connectivity index (χ2v) is 2.60. The zero-order valence-corrected chi connectivity index (χ0v) is 6.74. The minimum atomic E-state index is 0.382. The summed E-state index contributed by atoms with van der Waals surface area (Å²) in [6.45, 7) is 1.10. The van der Waals surface area contributed by atoms with Crippen LogP contribution >= 0.6 is 0 Å². The molecule has 0 aliphatic heterocycles. The van der Waals surface area contributed by atoms with Gasteiger partial charge in [0.05, 0.1) is 0 Å². The lowest BCUT2D eigenvalue weighted by Crippen LogP contribution is -2.13. The molecule has 1 aromatic heterocycles. The van der Waals surface area contributed by atoms with Gasteiger partial charge < -0.3 is 10.6 Å². The van der Waals surface area contributed by atoms with Crippen LogP contribution < -0.4 is 5.73 Å². The number of nitrogens with zero attached hydrogens (tertiary/aromatic N) is 3. The Balaban J connectivity index is 2.68. The van der Waals surface area contributed by atoms with E-state index in [0.29, 0.717) is 6.54 Å². The molecule has 0 aliphatic rings. The maximum atomic E-state index is 5.39. The molecule has 0 bridgehead atoms. The topological polar surface area (TPSA) is 68.2 Å². The Kier molecular flexibility index (Phi) is 2.56. The summed E-state index contributed by atoms with van der Waals surface area (Å²) in [4.78, 5) is 1.98. The van der Waals surface area contributed by atoms with Crippen molar-refractivity contribution in [1.29, 1.82) is 0 Å². The molecule has 0 fully saturated rings. The van der Waals surface area contributed by atoms with E-state index in [1.54, 1.807) is 0 Å². The lowest BCUT2D eigenvalue weighted by Gasteiger charge is -2.05. The third kappa shape index (κ3) is 1.99. The molecule has 0 aromatic carbocycles. The fraction of sp³-hybridized carbons (Fsp3) is 0.667. The Morgan fingerprint density at radius 3 is 2.55 bits per heavy atom. The summed E-state index contributed by atoms with van der Waals surface area (Å²) < 4.78 is 4.53. The van der Waals surface area contributed by atoms with Crippen molar-refractivity contribution in [3.63, 3.8) is 0 Å². The van der Waals surface area contributed by atoms with Gasteiger partial charge >= 0.3 is 0 Å². The van der Waals surface area contributed by atoms with E-state index in [1.165, 1.54) is 0 Å². The van der Waals surface area contributed by atoms with Crippen molar-refractivity contribution in [3.8, 4) is 0 Å². The molecule has 0 saturated carbocycles. The van der Waals surface area contributed by atoms with E-state index >= 15 is 0 Å². The first kappa shape index (κ1) is 8.16. The highest BCUT2D eigenvalue weighted by molar-refractivity contribution is 5.06. The van der Waals surface area contributed by atoms with E-state index in [1.807, 2.05) is 19.0 Å². The summed E-state index contributed by atoms with van der Waals surface area (Å²) in [5, 5.41) is 7.37. The van der Waals surface area contributed by atoms with E-state index in [-0.39, 0.29) is 0 Å². The summed E-state index contributed by atoms with van der Waals surface area (Å²) >= 11 is 0. The quantitative estimate of drug-likeness (QED) is 0.644. The second kappa shape index (κ2) is 3.45. The number of hydrogen-bond acceptors (Lipinski definition) is 5. The third-order valence-electron chi connectivity index (χ3n) is 1.29. The zero-order chi connectivity index (χ0) is 8.27. The van der Waals surface area contributed by atoms with Gasteiger partial charge in [0.1, 0.15) is 11.4 Å². The fourth-order valence-corrected chi connectivity index (χ4v) is 0.799. The maximum absolute atomic E-state index is 5.39. The van der Waals surface area contributed by atoms with Gasteiger partial charge in [0.2, 0.25) is 0 Å². The Morgan fingerprint density at radius 2 is 2.00 bits per heavy atom. The van der Waals surface area contributed by atoms with E-state index in [2.05, 4.69) is 14.9 Å². The Bertz CT molecular complexity index is 220. The molecule has 0 unspecified atom stereocenters. The summed E-state index contributed by atoms with van der Waals surface area (Å²) in [5.74, 6) is 0. The van der Waals surface area contributed by atoms with Crippen LogP contribution in [0.25, 0.3) is 0 Å². The van der Waals surface area contributed by atoms with Gasteiger partial charge in [-0.1, -0.05) is 10.3 Å². The van der Waals surface area contributed by atoms with Crippen LogP contribution in [0.4, 0.5) is 0 Å². The third-order valence-corrected chi connectivity index (χ3v) is 1.29. The molecule has 0 saturated heterocycles. The Morgan fingerprint density at radius 1 is 1.36 bits per heavy atom. The van der Waals surface area contributed by atoms with Gasteiger partial charge in [0, 0.05) is 13.1 Å². The average Bonchev–Trinajstić information content (AvgIpc) is 2.34.